The highest BCUT2D eigenvalue weighted by atomic mass is 16.4. The van der Waals surface area contributed by atoms with Gasteiger partial charge in [0.2, 0.25) is 0 Å². The number of carbonyl (C=O) groups excluding carboxylic acids is 1. The van der Waals surface area contributed by atoms with Crippen molar-refractivity contribution in [1.29, 1.82) is 0 Å². The standard InChI is InChI=1S/C10H13N3O4/c1-12-3-2-7(11-12)9(15)13-5-6(14)4-8(13)10(16)17/h2-3,6,8,14H,4-5H2,1H3,(H,16,17)/t6?,8-/m0/s1. The van der Waals surface area contributed by atoms with Crippen molar-refractivity contribution in [3.8, 4) is 0 Å². The molecule has 7 heteroatoms. The highest BCUT2D eigenvalue weighted by molar-refractivity contribution is 5.95. The number of aromatic nitrogens is 2. The molecule has 1 unspecified atom stereocenters. The summed E-state index contributed by atoms with van der Waals surface area (Å²) >= 11 is 0. The van der Waals surface area contributed by atoms with Crippen molar-refractivity contribution in [3.63, 3.8) is 0 Å². The van der Waals surface area contributed by atoms with Crippen LogP contribution in [0.5, 0.6) is 0 Å². The van der Waals surface area contributed by atoms with Crippen molar-refractivity contribution < 1.29 is 19.8 Å². The van der Waals surface area contributed by atoms with Gasteiger partial charge in [-0.25, -0.2) is 4.79 Å². The minimum Gasteiger partial charge on any atom is -0.480 e. The number of carboxylic acids is 1. The van der Waals surface area contributed by atoms with E-state index in [9.17, 15) is 14.7 Å². The predicted molar refractivity (Wildman–Crippen MR) is 56.3 cm³/mol. The van der Waals surface area contributed by atoms with Gasteiger partial charge in [0, 0.05) is 26.2 Å². The molecule has 0 saturated carbocycles. The third kappa shape index (κ3) is 2.14. The van der Waals surface area contributed by atoms with E-state index in [2.05, 4.69) is 5.10 Å². The maximum Gasteiger partial charge on any atom is 0.326 e. The lowest BCUT2D eigenvalue weighted by Gasteiger charge is -2.19. The SMILES string of the molecule is Cn1ccc(C(=O)N2CC(O)C[C@H]2C(=O)O)n1. The minimum atomic E-state index is -1.11. The lowest BCUT2D eigenvalue weighted by molar-refractivity contribution is -0.141. The zero-order valence-corrected chi connectivity index (χ0v) is 9.28. The minimum absolute atomic E-state index is 0.0341. The van der Waals surface area contributed by atoms with Crippen molar-refractivity contribution in [2.75, 3.05) is 6.54 Å². The Balaban J connectivity index is 2.21. The molecule has 2 heterocycles. The molecule has 2 atom stereocenters. The van der Waals surface area contributed by atoms with Gasteiger partial charge in [-0.3, -0.25) is 9.48 Å². The Kier molecular flexibility index (Phi) is 2.84. The van der Waals surface area contributed by atoms with E-state index >= 15 is 0 Å². The first-order chi connectivity index (χ1) is 7.99. The van der Waals surface area contributed by atoms with Gasteiger partial charge < -0.3 is 15.1 Å². The van der Waals surface area contributed by atoms with Crippen LogP contribution in [-0.4, -0.2) is 55.5 Å². The normalized spacial score (nSPS) is 24.0. The molecular formula is C10H13N3O4. The van der Waals surface area contributed by atoms with Gasteiger partial charge in [0.25, 0.3) is 5.91 Å². The van der Waals surface area contributed by atoms with Crippen molar-refractivity contribution >= 4 is 11.9 Å². The number of likely N-dealkylation sites (tertiary alicyclic amines) is 1. The van der Waals surface area contributed by atoms with Crippen LogP contribution in [0.2, 0.25) is 0 Å². The lowest BCUT2D eigenvalue weighted by Crippen LogP contribution is -2.40. The number of aryl methyl sites for hydroxylation is 1. The molecule has 0 radical (unpaired) electrons. The summed E-state index contributed by atoms with van der Waals surface area (Å²) in [4.78, 5) is 24.1. The van der Waals surface area contributed by atoms with E-state index in [1.807, 2.05) is 0 Å². The zero-order valence-electron chi connectivity index (χ0n) is 9.28. The Labute approximate surface area is 97.3 Å². The number of aliphatic hydroxyl groups is 1. The zero-order chi connectivity index (χ0) is 12.6. The summed E-state index contributed by atoms with van der Waals surface area (Å²) in [6.07, 6.45) is 0.882. The molecule has 7 nitrogen and oxygen atoms in total. The second kappa shape index (κ2) is 4.17. The fourth-order valence-corrected chi connectivity index (χ4v) is 1.95. The van der Waals surface area contributed by atoms with E-state index in [1.165, 1.54) is 10.7 Å². The molecule has 1 aliphatic heterocycles. The van der Waals surface area contributed by atoms with Crippen LogP contribution in [0.3, 0.4) is 0 Å². The molecule has 0 aromatic carbocycles. The van der Waals surface area contributed by atoms with Crippen LogP contribution in [0.25, 0.3) is 0 Å². The fraction of sp³-hybridized carbons (Fsp3) is 0.500. The number of rotatable bonds is 2. The summed E-state index contributed by atoms with van der Waals surface area (Å²) in [5.41, 5.74) is 0.188. The maximum absolute atomic E-state index is 12.0. The number of hydrogen-bond donors (Lipinski definition) is 2. The van der Waals surface area contributed by atoms with Gasteiger partial charge in [0.1, 0.15) is 11.7 Å². The van der Waals surface area contributed by atoms with Gasteiger partial charge in [0.15, 0.2) is 0 Å². The second-order valence-corrected chi connectivity index (χ2v) is 4.08. The van der Waals surface area contributed by atoms with Crippen molar-refractivity contribution in [1.82, 2.24) is 14.7 Å². The molecule has 2 N–H and O–H groups in total. The molecule has 17 heavy (non-hydrogen) atoms. The highest BCUT2D eigenvalue weighted by Gasteiger charge is 2.39. The van der Waals surface area contributed by atoms with Crippen molar-refractivity contribution in [3.05, 3.63) is 18.0 Å². The molecule has 92 valence electrons. The van der Waals surface area contributed by atoms with Crippen LogP contribution in [0, 0.1) is 0 Å². The number of hydrogen-bond acceptors (Lipinski definition) is 4. The number of amides is 1. The molecule has 2 rings (SSSR count). The number of carboxylic acid groups (broad SMARTS) is 1. The first-order valence-corrected chi connectivity index (χ1v) is 5.20. The predicted octanol–water partition coefficient (Wildman–Crippen LogP) is -0.920. The average molecular weight is 239 g/mol. The highest BCUT2D eigenvalue weighted by Crippen LogP contribution is 2.20. The van der Waals surface area contributed by atoms with E-state index in [1.54, 1.807) is 13.2 Å². The first kappa shape index (κ1) is 11.6. The summed E-state index contributed by atoms with van der Waals surface area (Å²) < 4.78 is 1.47. The fourth-order valence-electron chi connectivity index (χ4n) is 1.95. The second-order valence-electron chi connectivity index (χ2n) is 4.08. The van der Waals surface area contributed by atoms with Gasteiger partial charge >= 0.3 is 5.97 Å². The van der Waals surface area contributed by atoms with Crippen LogP contribution in [0.1, 0.15) is 16.9 Å². The molecule has 1 saturated heterocycles. The molecule has 0 bridgehead atoms. The Bertz CT molecular complexity index is 456. The van der Waals surface area contributed by atoms with Gasteiger partial charge in [-0.1, -0.05) is 0 Å². The van der Waals surface area contributed by atoms with E-state index in [4.69, 9.17) is 5.11 Å². The van der Waals surface area contributed by atoms with E-state index in [0.717, 1.165) is 4.90 Å². The number of aliphatic hydroxyl groups excluding tert-OH is 1. The largest absolute Gasteiger partial charge is 0.480 e. The molecule has 0 aliphatic carbocycles. The van der Waals surface area contributed by atoms with Crippen molar-refractivity contribution in [2.45, 2.75) is 18.6 Å². The number of aliphatic carboxylic acids is 1. The molecule has 1 amide bonds. The Hall–Kier alpha value is -1.89. The Morgan fingerprint density at radius 2 is 2.24 bits per heavy atom. The third-order valence-electron chi connectivity index (χ3n) is 2.76. The van der Waals surface area contributed by atoms with Crippen LogP contribution in [0.4, 0.5) is 0 Å². The van der Waals surface area contributed by atoms with E-state index in [0.29, 0.717) is 0 Å². The molecular weight excluding hydrogens is 226 g/mol. The molecule has 1 aromatic heterocycles. The van der Waals surface area contributed by atoms with Gasteiger partial charge in [-0.15, -0.1) is 0 Å². The smallest absolute Gasteiger partial charge is 0.326 e. The summed E-state index contributed by atoms with van der Waals surface area (Å²) in [5, 5.41) is 22.3. The van der Waals surface area contributed by atoms with Gasteiger partial charge in [-0.05, 0) is 6.07 Å². The summed E-state index contributed by atoms with van der Waals surface area (Å²) in [6, 6.07) is 0.547. The number of nitrogens with zero attached hydrogens (tertiary/aromatic N) is 3. The molecule has 0 spiro atoms. The van der Waals surface area contributed by atoms with Crippen LogP contribution >= 0.6 is 0 Å². The van der Waals surface area contributed by atoms with Crippen LogP contribution in [-0.2, 0) is 11.8 Å². The van der Waals surface area contributed by atoms with Crippen molar-refractivity contribution in [2.24, 2.45) is 7.05 Å². The monoisotopic (exact) mass is 239 g/mol. The summed E-state index contributed by atoms with van der Waals surface area (Å²) in [6.45, 7) is 0.0341. The number of carbonyl (C=O) groups is 2. The summed E-state index contributed by atoms with van der Waals surface area (Å²) in [5.74, 6) is -1.57. The van der Waals surface area contributed by atoms with Gasteiger partial charge in [-0.2, -0.15) is 5.10 Å². The summed E-state index contributed by atoms with van der Waals surface area (Å²) in [7, 11) is 1.67. The Morgan fingerprint density at radius 1 is 1.53 bits per heavy atom. The Morgan fingerprint density at radius 3 is 2.76 bits per heavy atom. The van der Waals surface area contributed by atoms with Crippen LogP contribution in [0.15, 0.2) is 12.3 Å². The lowest BCUT2D eigenvalue weighted by atomic mass is 10.2. The van der Waals surface area contributed by atoms with E-state index in [-0.39, 0.29) is 18.7 Å². The van der Waals surface area contributed by atoms with Crippen LogP contribution < -0.4 is 0 Å². The topological polar surface area (TPSA) is 95.7 Å². The molecule has 1 aliphatic rings. The quantitative estimate of drug-likeness (QED) is 0.696. The number of β-amino-alcohol motifs (C(OH)–C–C–N with tert-alkyl or cyclic N) is 1. The maximum atomic E-state index is 12.0. The van der Waals surface area contributed by atoms with Gasteiger partial charge in [0.05, 0.1) is 6.10 Å². The molecule has 1 aromatic rings. The third-order valence-corrected chi connectivity index (χ3v) is 2.76. The molecule has 1 fully saturated rings. The first-order valence-electron chi connectivity index (χ1n) is 5.20. The van der Waals surface area contributed by atoms with E-state index < -0.39 is 24.0 Å². The average Bonchev–Trinajstić information content (AvgIpc) is 2.83.